The fraction of sp³-hybridized carbons (Fsp3) is 0.143. The second-order valence-electron chi connectivity index (χ2n) is 3.79. The standard InChI is InChI=1S/C14H11Cl2NO2/c1-2-19-14(18)6-4-9-3-5-12-10(7-9)11(15)8-13(16)17-12/h3-8H,2H2,1H3/b6-4+. The molecule has 5 heteroatoms. The number of hydrogen-bond acceptors (Lipinski definition) is 3. The van der Waals surface area contributed by atoms with Gasteiger partial charge < -0.3 is 4.74 Å². The van der Waals surface area contributed by atoms with Crippen LogP contribution < -0.4 is 0 Å². The first-order valence-electron chi connectivity index (χ1n) is 5.71. The maximum absolute atomic E-state index is 11.2. The quantitative estimate of drug-likeness (QED) is 0.486. The van der Waals surface area contributed by atoms with E-state index in [1.165, 1.54) is 6.08 Å². The van der Waals surface area contributed by atoms with Gasteiger partial charge in [0.15, 0.2) is 0 Å². The predicted octanol–water partition coefficient (Wildman–Crippen LogP) is 4.12. The SMILES string of the molecule is CCOC(=O)/C=C/c1ccc2nc(Cl)cc(Cl)c2c1. The Hall–Kier alpha value is -1.58. The van der Waals surface area contributed by atoms with Gasteiger partial charge in [0.2, 0.25) is 0 Å². The van der Waals surface area contributed by atoms with Crippen molar-refractivity contribution in [3.63, 3.8) is 0 Å². The van der Waals surface area contributed by atoms with E-state index in [4.69, 9.17) is 27.9 Å². The van der Waals surface area contributed by atoms with Crippen molar-refractivity contribution >= 4 is 46.2 Å². The lowest BCUT2D eigenvalue weighted by molar-refractivity contribution is -0.137. The molecule has 0 aliphatic carbocycles. The summed E-state index contributed by atoms with van der Waals surface area (Å²) in [5.74, 6) is -0.372. The summed E-state index contributed by atoms with van der Waals surface area (Å²) < 4.78 is 4.81. The average molecular weight is 296 g/mol. The van der Waals surface area contributed by atoms with Gasteiger partial charge in [-0.25, -0.2) is 9.78 Å². The molecule has 0 aliphatic heterocycles. The van der Waals surface area contributed by atoms with Gasteiger partial charge in [0.1, 0.15) is 5.15 Å². The Kier molecular flexibility index (Phi) is 4.40. The summed E-state index contributed by atoms with van der Waals surface area (Å²) in [7, 11) is 0. The van der Waals surface area contributed by atoms with Crippen LogP contribution in [0.3, 0.4) is 0 Å². The van der Waals surface area contributed by atoms with Crippen molar-refractivity contribution in [2.45, 2.75) is 6.92 Å². The fourth-order valence-corrected chi connectivity index (χ4v) is 2.14. The molecule has 0 saturated carbocycles. The van der Waals surface area contributed by atoms with E-state index in [0.29, 0.717) is 22.3 Å². The molecule has 0 radical (unpaired) electrons. The molecule has 0 amide bonds. The summed E-state index contributed by atoms with van der Waals surface area (Å²) in [5.41, 5.74) is 1.55. The molecule has 0 N–H and O–H groups in total. The van der Waals surface area contributed by atoms with Crippen LogP contribution in [0.15, 0.2) is 30.3 Å². The van der Waals surface area contributed by atoms with Crippen molar-refractivity contribution in [3.8, 4) is 0 Å². The Bertz CT molecular complexity index is 653. The summed E-state index contributed by atoms with van der Waals surface area (Å²) >= 11 is 11.9. The van der Waals surface area contributed by atoms with Crippen molar-refractivity contribution in [2.75, 3.05) is 6.61 Å². The molecule has 1 aromatic heterocycles. The van der Waals surface area contributed by atoms with Crippen molar-refractivity contribution in [3.05, 3.63) is 46.1 Å². The van der Waals surface area contributed by atoms with Gasteiger partial charge in [-0.1, -0.05) is 29.3 Å². The lowest BCUT2D eigenvalue weighted by Gasteiger charge is -2.02. The molecule has 3 nitrogen and oxygen atoms in total. The number of carbonyl (C=O) groups is 1. The minimum atomic E-state index is -0.372. The Morgan fingerprint density at radius 2 is 2.16 bits per heavy atom. The van der Waals surface area contributed by atoms with Gasteiger partial charge in [0, 0.05) is 11.5 Å². The number of esters is 1. The molecular weight excluding hydrogens is 285 g/mol. The zero-order chi connectivity index (χ0) is 13.8. The van der Waals surface area contributed by atoms with Gasteiger partial charge in [0.25, 0.3) is 0 Å². The number of nitrogens with zero attached hydrogens (tertiary/aromatic N) is 1. The smallest absolute Gasteiger partial charge is 0.330 e. The molecule has 2 rings (SSSR count). The van der Waals surface area contributed by atoms with E-state index in [1.807, 2.05) is 12.1 Å². The van der Waals surface area contributed by atoms with Crippen LogP contribution in [-0.2, 0) is 9.53 Å². The van der Waals surface area contributed by atoms with E-state index in [2.05, 4.69) is 4.98 Å². The predicted molar refractivity (Wildman–Crippen MR) is 77.4 cm³/mol. The highest BCUT2D eigenvalue weighted by Crippen LogP contribution is 2.26. The van der Waals surface area contributed by atoms with E-state index < -0.39 is 0 Å². The topological polar surface area (TPSA) is 39.2 Å². The molecule has 0 spiro atoms. The fourth-order valence-electron chi connectivity index (χ4n) is 1.63. The monoisotopic (exact) mass is 295 g/mol. The summed E-state index contributed by atoms with van der Waals surface area (Å²) in [6.45, 7) is 2.12. The number of hydrogen-bond donors (Lipinski definition) is 0. The largest absolute Gasteiger partial charge is 0.463 e. The van der Waals surface area contributed by atoms with Crippen molar-refractivity contribution < 1.29 is 9.53 Å². The third kappa shape index (κ3) is 3.46. The van der Waals surface area contributed by atoms with Gasteiger partial charge in [-0.05, 0) is 36.8 Å². The molecule has 19 heavy (non-hydrogen) atoms. The lowest BCUT2D eigenvalue weighted by atomic mass is 10.1. The minimum Gasteiger partial charge on any atom is -0.463 e. The van der Waals surface area contributed by atoms with E-state index in [1.54, 1.807) is 25.1 Å². The van der Waals surface area contributed by atoms with Crippen LogP contribution in [0.4, 0.5) is 0 Å². The van der Waals surface area contributed by atoms with Crippen LogP contribution in [0.25, 0.3) is 17.0 Å². The number of pyridine rings is 1. The highest BCUT2D eigenvalue weighted by Gasteiger charge is 2.03. The number of aromatic nitrogens is 1. The van der Waals surface area contributed by atoms with Crippen LogP contribution in [-0.4, -0.2) is 17.6 Å². The molecule has 0 bridgehead atoms. The Morgan fingerprint density at radius 1 is 1.37 bits per heavy atom. The Labute approximate surface area is 120 Å². The normalized spacial score (nSPS) is 11.1. The maximum Gasteiger partial charge on any atom is 0.330 e. The van der Waals surface area contributed by atoms with Gasteiger partial charge in [0.05, 0.1) is 17.1 Å². The zero-order valence-corrected chi connectivity index (χ0v) is 11.7. The third-order valence-electron chi connectivity index (χ3n) is 2.45. The number of halogens is 2. The van der Waals surface area contributed by atoms with Crippen molar-refractivity contribution in [1.29, 1.82) is 0 Å². The molecule has 0 unspecified atom stereocenters. The Balaban J connectivity index is 2.34. The first kappa shape index (κ1) is 13.8. The molecule has 0 fully saturated rings. The number of rotatable bonds is 3. The zero-order valence-electron chi connectivity index (χ0n) is 10.2. The van der Waals surface area contributed by atoms with Gasteiger partial charge in [-0.2, -0.15) is 0 Å². The van der Waals surface area contributed by atoms with Crippen molar-refractivity contribution in [1.82, 2.24) is 4.98 Å². The number of fused-ring (bicyclic) bond motifs is 1. The molecule has 1 aromatic carbocycles. The third-order valence-corrected chi connectivity index (χ3v) is 2.96. The van der Waals surface area contributed by atoms with Crippen LogP contribution in [0.1, 0.15) is 12.5 Å². The van der Waals surface area contributed by atoms with Crippen LogP contribution in [0.5, 0.6) is 0 Å². The molecule has 0 saturated heterocycles. The van der Waals surface area contributed by atoms with Crippen LogP contribution in [0, 0.1) is 0 Å². The van der Waals surface area contributed by atoms with E-state index in [9.17, 15) is 4.79 Å². The van der Waals surface area contributed by atoms with Crippen LogP contribution >= 0.6 is 23.2 Å². The second kappa shape index (κ2) is 6.04. The molecule has 98 valence electrons. The highest BCUT2D eigenvalue weighted by molar-refractivity contribution is 6.37. The average Bonchev–Trinajstić information content (AvgIpc) is 2.37. The summed E-state index contributed by atoms with van der Waals surface area (Å²) in [5, 5.41) is 1.67. The van der Waals surface area contributed by atoms with E-state index >= 15 is 0 Å². The number of ether oxygens (including phenoxy) is 1. The molecular formula is C14H11Cl2NO2. The van der Waals surface area contributed by atoms with Crippen molar-refractivity contribution in [2.24, 2.45) is 0 Å². The number of carbonyl (C=O) groups excluding carboxylic acids is 1. The molecule has 1 heterocycles. The first-order valence-corrected chi connectivity index (χ1v) is 6.46. The molecule has 0 aliphatic rings. The minimum absolute atomic E-state index is 0.354. The first-order chi connectivity index (χ1) is 9.10. The van der Waals surface area contributed by atoms with E-state index in [0.717, 1.165) is 10.9 Å². The second-order valence-corrected chi connectivity index (χ2v) is 4.58. The van der Waals surface area contributed by atoms with Gasteiger partial charge >= 0.3 is 5.97 Å². The Morgan fingerprint density at radius 3 is 2.89 bits per heavy atom. The maximum atomic E-state index is 11.2. The molecule has 2 aromatic rings. The summed E-state index contributed by atoms with van der Waals surface area (Å²) in [6.07, 6.45) is 3.05. The lowest BCUT2D eigenvalue weighted by Crippen LogP contribution is -1.98. The van der Waals surface area contributed by atoms with Gasteiger partial charge in [-0.15, -0.1) is 0 Å². The number of benzene rings is 1. The summed E-state index contributed by atoms with van der Waals surface area (Å²) in [4.78, 5) is 15.4. The van der Waals surface area contributed by atoms with Crippen LogP contribution in [0.2, 0.25) is 10.2 Å². The van der Waals surface area contributed by atoms with Gasteiger partial charge in [-0.3, -0.25) is 0 Å². The molecule has 0 atom stereocenters. The van der Waals surface area contributed by atoms with E-state index in [-0.39, 0.29) is 5.97 Å². The highest BCUT2D eigenvalue weighted by atomic mass is 35.5. The summed E-state index contributed by atoms with van der Waals surface area (Å²) in [6, 6.07) is 7.07.